The molecule has 0 bridgehead atoms. The standard InChI is InChI=1S/C42H24.2C40H22N2/c1-3-12-25(13-4-1)33-22-38-35-24-36-28-17-8-7-16-27(28)30-20-11-21-32(40(30)36)34(35)23-37-29-18-9-10-19-31(29)42(41(37)38)39(33)26-14-5-2-6-15-26;1-3-11-29-27(9-1)33-15-25(23-7-5-13-41-21-23)17-35-32-20-38-30-12-4-2-10-28(30)34-16-26(24-8-6-14-42-22-24)18-36(40(34)38)31(32)19-37(29)39(33)35;1-2-10-28-27(9-1)34-17-25(23-7-5-15-41-21-23)18-35-33-20-37-29-11-3-4-12-30(29)39-26(24-8-6-16-42-22-24)13-14-31(40(37)39)32(33)19-36(28)38(34)35/h1-24H;2*1-22H. The molecule has 26 aromatic carbocycles. The first-order chi connectivity index (χ1) is 62.5. The predicted molar refractivity (Wildman–Crippen MR) is 538 cm³/mol. The maximum Gasteiger partial charge on any atom is 0.0346 e. The van der Waals surface area contributed by atoms with Crippen LogP contribution in [-0.2, 0) is 0 Å². The molecule has 0 aliphatic carbocycles. The van der Waals surface area contributed by atoms with Crippen molar-refractivity contribution in [3.05, 3.63) is 414 Å². The molecular formula is C122H68N4. The highest BCUT2D eigenvalue weighted by atomic mass is 14.6. The van der Waals surface area contributed by atoms with Gasteiger partial charge in [-0.3, -0.25) is 19.9 Å². The molecule has 0 unspecified atom stereocenters. The second kappa shape index (κ2) is 26.4. The molecule has 30 rings (SSSR count). The van der Waals surface area contributed by atoms with E-state index in [0.717, 1.165) is 22.3 Å². The Labute approximate surface area is 721 Å². The van der Waals surface area contributed by atoms with E-state index in [1.165, 1.54) is 271 Å². The van der Waals surface area contributed by atoms with Gasteiger partial charge in [0, 0.05) is 71.8 Å². The van der Waals surface area contributed by atoms with Crippen LogP contribution in [0.3, 0.4) is 0 Å². The van der Waals surface area contributed by atoms with E-state index in [4.69, 9.17) is 0 Å². The number of nitrogens with zero attached hydrogens (tertiary/aromatic N) is 4. The van der Waals surface area contributed by atoms with Crippen LogP contribution in [0.1, 0.15) is 0 Å². The van der Waals surface area contributed by atoms with Crippen LogP contribution >= 0.6 is 0 Å². The molecule has 126 heavy (non-hydrogen) atoms. The summed E-state index contributed by atoms with van der Waals surface area (Å²) in [4.78, 5) is 17.8. The van der Waals surface area contributed by atoms with Crippen molar-refractivity contribution >= 4 is 226 Å². The van der Waals surface area contributed by atoms with Crippen molar-refractivity contribution in [1.29, 1.82) is 0 Å². The number of hydrogen-bond donors (Lipinski definition) is 0. The van der Waals surface area contributed by atoms with Crippen molar-refractivity contribution in [1.82, 2.24) is 19.9 Å². The molecule has 4 heteroatoms. The van der Waals surface area contributed by atoms with Gasteiger partial charge in [-0.25, -0.2) is 0 Å². The Hall–Kier alpha value is -16.7. The van der Waals surface area contributed by atoms with E-state index in [1.54, 1.807) is 0 Å². The smallest absolute Gasteiger partial charge is 0.0346 e. The molecular weight excluding hydrogens is 1520 g/mol. The van der Waals surface area contributed by atoms with Gasteiger partial charge in [-0.05, 0) is 374 Å². The number of rotatable bonds is 6. The average molecular weight is 1590 g/mol. The fourth-order valence-corrected chi connectivity index (χ4v) is 22.9. The molecule has 0 fully saturated rings. The van der Waals surface area contributed by atoms with E-state index in [0.29, 0.717) is 0 Å². The highest BCUT2D eigenvalue weighted by molar-refractivity contribution is 6.47. The zero-order valence-electron chi connectivity index (χ0n) is 68.0. The lowest BCUT2D eigenvalue weighted by Gasteiger charge is -2.17. The van der Waals surface area contributed by atoms with Gasteiger partial charge >= 0.3 is 0 Å². The van der Waals surface area contributed by atoms with E-state index < -0.39 is 0 Å². The summed E-state index contributed by atoms with van der Waals surface area (Å²) in [5, 5.41) is 55.5. The number of fused-ring (bicyclic) bond motifs is 27. The molecule has 0 aliphatic rings. The quantitative estimate of drug-likeness (QED) is 0.156. The van der Waals surface area contributed by atoms with Gasteiger partial charge in [0.2, 0.25) is 0 Å². The Morgan fingerprint density at radius 1 is 0.111 bits per heavy atom. The monoisotopic (exact) mass is 1590 g/mol. The third-order valence-electron chi connectivity index (χ3n) is 28.1. The first-order valence-corrected chi connectivity index (χ1v) is 43.5. The van der Waals surface area contributed by atoms with Crippen LogP contribution in [0.5, 0.6) is 0 Å². The van der Waals surface area contributed by atoms with Crippen molar-refractivity contribution in [2.75, 3.05) is 0 Å². The van der Waals surface area contributed by atoms with Crippen LogP contribution in [-0.4, -0.2) is 19.9 Å². The van der Waals surface area contributed by atoms with Crippen molar-refractivity contribution < 1.29 is 0 Å². The van der Waals surface area contributed by atoms with Crippen LogP contribution in [0.25, 0.3) is 293 Å². The van der Waals surface area contributed by atoms with Crippen molar-refractivity contribution in [2.45, 2.75) is 0 Å². The Morgan fingerprint density at radius 2 is 0.349 bits per heavy atom. The molecule has 0 atom stereocenters. The molecule has 0 amide bonds. The van der Waals surface area contributed by atoms with Crippen LogP contribution in [0.15, 0.2) is 414 Å². The van der Waals surface area contributed by atoms with Gasteiger partial charge in [0.25, 0.3) is 0 Å². The average Bonchev–Trinajstić information content (AvgIpc) is 1.41. The maximum atomic E-state index is 4.45. The molecule has 4 heterocycles. The topological polar surface area (TPSA) is 51.6 Å². The fraction of sp³-hybridized carbons (Fsp3) is 0. The summed E-state index contributed by atoms with van der Waals surface area (Å²) in [6, 6.07) is 135. The normalized spacial score (nSPS) is 12.3. The molecule has 576 valence electrons. The SMILES string of the molecule is c1ccc(-c2cc3c4cc5c6ccccc6c6cccc(c4cc4c7ccccc7c(c2-c2ccccc2)c34)c65)cc1.c1cncc(-c2cc3c4ccccc4c4cc5c(cc6c7ccccc7c7c(-c8cccnc8)ccc5c67)c(c2)c34)c1.c1cncc(-c2cc3c4ccccc4c4cc5c(cc6c7ccccc7c7cc(-c8cccnc8)cc5c76)c(c2)c34)c1. The lowest BCUT2D eigenvalue weighted by molar-refractivity contribution is 1.33. The summed E-state index contributed by atoms with van der Waals surface area (Å²) in [7, 11) is 0. The minimum Gasteiger partial charge on any atom is -0.264 e. The van der Waals surface area contributed by atoms with E-state index in [9.17, 15) is 0 Å². The summed E-state index contributed by atoms with van der Waals surface area (Å²) in [5.41, 5.74) is 14.5. The first kappa shape index (κ1) is 69.0. The Balaban J connectivity index is 0.0000000961. The maximum absolute atomic E-state index is 4.45. The summed E-state index contributed by atoms with van der Waals surface area (Å²) in [6.07, 6.45) is 15.3. The molecule has 0 spiro atoms. The van der Waals surface area contributed by atoms with Gasteiger partial charge < -0.3 is 0 Å². The summed E-state index contributed by atoms with van der Waals surface area (Å²) >= 11 is 0. The van der Waals surface area contributed by atoms with Gasteiger partial charge in [-0.2, -0.15) is 0 Å². The third kappa shape index (κ3) is 9.78. The van der Waals surface area contributed by atoms with Gasteiger partial charge in [0.1, 0.15) is 0 Å². The molecule has 4 aromatic heterocycles. The lowest BCUT2D eigenvalue weighted by Crippen LogP contribution is -1.89. The third-order valence-corrected chi connectivity index (χ3v) is 28.1. The summed E-state index contributed by atoms with van der Waals surface area (Å²) in [6.45, 7) is 0. The van der Waals surface area contributed by atoms with Gasteiger partial charge in [-0.1, -0.05) is 261 Å². The Morgan fingerprint density at radius 3 is 0.722 bits per heavy atom. The lowest BCUT2D eigenvalue weighted by atomic mass is 9.86. The Kier molecular flexibility index (Phi) is 14.5. The number of pyridine rings is 4. The van der Waals surface area contributed by atoms with Crippen molar-refractivity contribution in [2.24, 2.45) is 0 Å². The highest BCUT2D eigenvalue weighted by Crippen LogP contribution is 2.56. The van der Waals surface area contributed by atoms with E-state index in [2.05, 4.69) is 360 Å². The van der Waals surface area contributed by atoms with Crippen LogP contribution in [0.2, 0.25) is 0 Å². The molecule has 0 saturated carbocycles. The fourth-order valence-electron chi connectivity index (χ4n) is 22.9. The molecule has 4 nitrogen and oxygen atoms in total. The molecule has 0 N–H and O–H groups in total. The van der Waals surface area contributed by atoms with Crippen LogP contribution in [0.4, 0.5) is 0 Å². The van der Waals surface area contributed by atoms with Crippen molar-refractivity contribution in [3.8, 4) is 66.8 Å². The summed E-state index contributed by atoms with van der Waals surface area (Å²) < 4.78 is 0. The molecule has 0 aliphatic heterocycles. The first-order valence-electron chi connectivity index (χ1n) is 43.5. The number of hydrogen-bond acceptors (Lipinski definition) is 4. The summed E-state index contributed by atoms with van der Waals surface area (Å²) in [5.74, 6) is 0. The van der Waals surface area contributed by atoms with Gasteiger partial charge in [0.15, 0.2) is 0 Å². The number of benzene rings is 20. The zero-order valence-corrected chi connectivity index (χ0v) is 68.0. The van der Waals surface area contributed by atoms with Crippen LogP contribution < -0.4 is 0 Å². The number of aromatic nitrogens is 4. The second-order valence-electron chi connectivity index (χ2n) is 34.4. The highest BCUT2D eigenvalue weighted by Gasteiger charge is 2.28. The predicted octanol–water partition coefficient (Wildman–Crippen LogP) is 33.5. The van der Waals surface area contributed by atoms with Gasteiger partial charge in [0.05, 0.1) is 0 Å². The second-order valence-corrected chi connectivity index (χ2v) is 34.4. The van der Waals surface area contributed by atoms with Gasteiger partial charge in [-0.15, -0.1) is 0 Å². The van der Waals surface area contributed by atoms with E-state index >= 15 is 0 Å². The molecule has 0 saturated heterocycles. The van der Waals surface area contributed by atoms with Crippen molar-refractivity contribution in [3.63, 3.8) is 0 Å². The Bertz CT molecular complexity index is 9560. The minimum atomic E-state index is 1.13. The van der Waals surface area contributed by atoms with E-state index in [1.807, 2.05) is 73.8 Å². The largest absolute Gasteiger partial charge is 0.264 e. The van der Waals surface area contributed by atoms with Crippen LogP contribution in [0, 0.1) is 0 Å². The molecule has 0 radical (unpaired) electrons. The molecule has 30 aromatic rings. The minimum absolute atomic E-state index is 1.13. The van der Waals surface area contributed by atoms with E-state index in [-0.39, 0.29) is 0 Å². The zero-order chi connectivity index (χ0) is 82.1.